The Labute approximate surface area is 398 Å². The van der Waals surface area contributed by atoms with Gasteiger partial charge < -0.3 is 5.32 Å². The Bertz CT molecular complexity index is 3020. The fraction of sp³-hybridized carbons (Fsp3) is 0.346. The van der Waals surface area contributed by atoms with Crippen molar-refractivity contribution in [3.8, 4) is 22.3 Å². The molecule has 6 aromatic rings. The standard InChI is InChI=1S/C52H61N3O8S4/c1-33(2)27-49-45(51(39-15-11-35(5)12-16-39)47(37(7)54-49)31-66(60,61)43-23-19-41(20-24-43)64(9,56)57)29-53-30-46-50(28-34(3)4)55-38(8)48(52(46)40-17-13-36(6)14-18-40)32-67(62,63)44-25-21-42(22-26-44)65(10,58)59/h11-26,33-34,53H,27-32H2,1-10H3. The number of pyridine rings is 2. The molecule has 0 fully saturated rings. The first-order valence-electron chi connectivity index (χ1n) is 22.2. The minimum absolute atomic E-state index is 0.00276. The number of hydrogen-bond acceptors (Lipinski definition) is 11. The molecule has 0 saturated heterocycles. The predicted molar refractivity (Wildman–Crippen MR) is 267 cm³/mol. The Hall–Kier alpha value is -5.06. The molecule has 2 heterocycles. The van der Waals surface area contributed by atoms with Crippen LogP contribution in [0.4, 0.5) is 0 Å². The van der Waals surface area contributed by atoms with Gasteiger partial charge in [0.05, 0.1) is 31.1 Å². The van der Waals surface area contributed by atoms with E-state index >= 15 is 0 Å². The molecule has 0 unspecified atom stereocenters. The Balaban J connectivity index is 1.51. The average Bonchev–Trinajstić information content (AvgIpc) is 3.23. The van der Waals surface area contributed by atoms with Gasteiger partial charge in [0.25, 0.3) is 0 Å². The lowest BCUT2D eigenvalue weighted by Crippen LogP contribution is -2.22. The van der Waals surface area contributed by atoms with Crippen molar-refractivity contribution in [2.24, 2.45) is 11.8 Å². The van der Waals surface area contributed by atoms with Gasteiger partial charge in [-0.05, 0) is 145 Å². The van der Waals surface area contributed by atoms with Crippen molar-refractivity contribution < 1.29 is 33.7 Å². The normalized spacial score (nSPS) is 12.6. The van der Waals surface area contributed by atoms with Gasteiger partial charge in [-0.25, -0.2) is 33.7 Å². The number of nitrogens with one attached hydrogen (secondary N) is 1. The van der Waals surface area contributed by atoms with E-state index < -0.39 is 39.3 Å². The van der Waals surface area contributed by atoms with Gasteiger partial charge in [-0.15, -0.1) is 0 Å². The molecule has 67 heavy (non-hydrogen) atoms. The lowest BCUT2D eigenvalue weighted by atomic mass is 9.89. The Kier molecular flexibility index (Phi) is 15.5. The fourth-order valence-corrected chi connectivity index (χ4v) is 12.5. The van der Waals surface area contributed by atoms with Crippen LogP contribution in [0.3, 0.4) is 0 Å². The van der Waals surface area contributed by atoms with Crippen LogP contribution in [0.1, 0.15) is 83.9 Å². The maximum Gasteiger partial charge on any atom is 0.182 e. The van der Waals surface area contributed by atoms with Crippen LogP contribution in [0.2, 0.25) is 0 Å². The van der Waals surface area contributed by atoms with E-state index in [0.29, 0.717) is 35.4 Å². The summed E-state index contributed by atoms with van der Waals surface area (Å²) in [4.78, 5) is 10.3. The van der Waals surface area contributed by atoms with Gasteiger partial charge in [-0.3, -0.25) is 9.97 Å². The third-order valence-electron chi connectivity index (χ3n) is 11.8. The summed E-state index contributed by atoms with van der Waals surface area (Å²) in [7, 11) is -15.1. The number of aromatic nitrogens is 2. The van der Waals surface area contributed by atoms with Crippen LogP contribution in [0.5, 0.6) is 0 Å². The first kappa shape index (κ1) is 51.3. The zero-order chi connectivity index (χ0) is 49.2. The first-order valence-corrected chi connectivity index (χ1v) is 29.3. The number of hydrogen-bond donors (Lipinski definition) is 1. The molecular weight excluding hydrogens is 923 g/mol. The molecule has 0 aliphatic heterocycles. The number of rotatable bonds is 18. The van der Waals surface area contributed by atoms with Crippen LogP contribution in [0.25, 0.3) is 22.3 Å². The smallest absolute Gasteiger partial charge is 0.182 e. The number of benzene rings is 4. The topological polar surface area (TPSA) is 174 Å². The quantitative estimate of drug-likeness (QED) is 0.0869. The minimum atomic E-state index is -4.00. The monoisotopic (exact) mass is 983 g/mol. The maximum absolute atomic E-state index is 14.3. The average molecular weight is 984 g/mol. The van der Waals surface area contributed by atoms with E-state index in [1.54, 1.807) is 0 Å². The third kappa shape index (κ3) is 12.3. The van der Waals surface area contributed by atoms with Crippen molar-refractivity contribution >= 4 is 39.3 Å². The highest BCUT2D eigenvalue weighted by molar-refractivity contribution is 7.91. The largest absolute Gasteiger partial charge is 0.308 e. The highest BCUT2D eigenvalue weighted by atomic mass is 32.2. The fourth-order valence-electron chi connectivity index (χ4n) is 8.32. The van der Waals surface area contributed by atoms with Crippen molar-refractivity contribution in [3.05, 3.63) is 153 Å². The van der Waals surface area contributed by atoms with Gasteiger partial charge in [-0.1, -0.05) is 87.4 Å². The SMILES string of the molecule is Cc1ccc(-c2c(CS(=O)(=O)c3ccc(S(C)(=O)=O)cc3)c(C)nc(CC(C)C)c2CNCc2c(CC(C)C)nc(C)c(CS(=O)(=O)c3ccc(S(C)(=O)=O)cc3)c2-c2ccc(C)cc2)cc1. The molecule has 0 atom stereocenters. The predicted octanol–water partition coefficient (Wildman–Crippen LogP) is 9.49. The molecule has 6 rings (SSSR count). The van der Waals surface area contributed by atoms with Crippen LogP contribution < -0.4 is 5.32 Å². The number of aryl methyl sites for hydroxylation is 4. The lowest BCUT2D eigenvalue weighted by Gasteiger charge is -2.24. The second-order valence-electron chi connectivity index (χ2n) is 18.5. The van der Waals surface area contributed by atoms with Crippen molar-refractivity contribution in [1.82, 2.24) is 15.3 Å². The second kappa shape index (κ2) is 20.3. The zero-order valence-electron chi connectivity index (χ0n) is 39.9. The van der Waals surface area contributed by atoms with Gasteiger partial charge in [0.15, 0.2) is 39.3 Å². The zero-order valence-corrected chi connectivity index (χ0v) is 43.2. The number of sulfone groups is 4. The molecule has 0 spiro atoms. The lowest BCUT2D eigenvalue weighted by molar-refractivity contribution is 0.592. The molecule has 0 aliphatic carbocycles. The molecule has 0 aliphatic rings. The highest BCUT2D eigenvalue weighted by Crippen LogP contribution is 2.38. The summed E-state index contributed by atoms with van der Waals surface area (Å²) in [5, 5.41) is 3.72. The molecule has 0 radical (unpaired) electrons. The molecular formula is C52H61N3O8S4. The molecule has 2 aromatic heterocycles. The van der Waals surface area contributed by atoms with Crippen molar-refractivity contribution in [2.45, 2.75) is 112 Å². The van der Waals surface area contributed by atoms with Crippen LogP contribution in [0, 0.1) is 39.5 Å². The molecule has 11 nitrogen and oxygen atoms in total. The van der Waals surface area contributed by atoms with Crippen LogP contribution >= 0.6 is 0 Å². The van der Waals surface area contributed by atoms with E-state index in [1.807, 2.05) is 76.2 Å². The number of nitrogens with zero attached hydrogens (tertiary/aromatic N) is 2. The van der Waals surface area contributed by atoms with Crippen molar-refractivity contribution in [1.29, 1.82) is 0 Å². The Morgan fingerprint density at radius 1 is 0.433 bits per heavy atom. The van der Waals surface area contributed by atoms with Crippen LogP contribution in [-0.4, -0.2) is 56.2 Å². The van der Waals surface area contributed by atoms with Gasteiger partial charge in [-0.2, -0.15) is 0 Å². The van der Waals surface area contributed by atoms with E-state index in [0.717, 1.165) is 68.4 Å². The summed E-state index contributed by atoms with van der Waals surface area (Å²) in [6, 6.07) is 26.5. The summed E-state index contributed by atoms with van der Waals surface area (Å²) >= 11 is 0. The molecule has 15 heteroatoms. The van der Waals surface area contributed by atoms with E-state index in [1.165, 1.54) is 48.5 Å². The minimum Gasteiger partial charge on any atom is -0.308 e. The van der Waals surface area contributed by atoms with Crippen molar-refractivity contribution in [3.63, 3.8) is 0 Å². The summed E-state index contributed by atoms with van der Waals surface area (Å²) < 4.78 is 106. The first-order chi connectivity index (χ1) is 31.2. The van der Waals surface area contributed by atoms with Crippen LogP contribution in [-0.2, 0) is 76.8 Å². The summed E-state index contributed by atoms with van der Waals surface area (Å²) in [6.45, 7) is 16.6. The molecule has 0 amide bonds. The molecule has 1 N–H and O–H groups in total. The summed E-state index contributed by atoms with van der Waals surface area (Å²) in [5.74, 6) is -0.346. The van der Waals surface area contributed by atoms with E-state index in [2.05, 4.69) is 33.0 Å². The Morgan fingerprint density at radius 2 is 0.731 bits per heavy atom. The van der Waals surface area contributed by atoms with E-state index in [9.17, 15) is 33.7 Å². The van der Waals surface area contributed by atoms with Gasteiger partial charge in [0, 0.05) is 48.4 Å². The maximum atomic E-state index is 14.3. The molecule has 4 aromatic carbocycles. The van der Waals surface area contributed by atoms with E-state index in [-0.39, 0.29) is 56.0 Å². The summed E-state index contributed by atoms with van der Waals surface area (Å²) in [5.41, 5.74) is 10.8. The molecule has 0 saturated carbocycles. The van der Waals surface area contributed by atoms with E-state index in [4.69, 9.17) is 9.97 Å². The Morgan fingerprint density at radius 3 is 1.01 bits per heavy atom. The van der Waals surface area contributed by atoms with Gasteiger partial charge >= 0.3 is 0 Å². The second-order valence-corrected chi connectivity index (χ2v) is 26.5. The van der Waals surface area contributed by atoms with Crippen LogP contribution in [0.15, 0.2) is 117 Å². The summed E-state index contributed by atoms with van der Waals surface area (Å²) in [6.07, 6.45) is 3.38. The molecule has 356 valence electrons. The van der Waals surface area contributed by atoms with Gasteiger partial charge in [0.1, 0.15) is 0 Å². The third-order valence-corrected chi connectivity index (χ3v) is 17.3. The highest BCUT2D eigenvalue weighted by Gasteiger charge is 2.28. The van der Waals surface area contributed by atoms with Gasteiger partial charge in [0.2, 0.25) is 0 Å². The van der Waals surface area contributed by atoms with Crippen molar-refractivity contribution in [2.75, 3.05) is 12.5 Å². The molecule has 0 bridgehead atoms.